The Hall–Kier alpha value is -5.17. The Labute approximate surface area is 238 Å². The van der Waals surface area contributed by atoms with E-state index >= 15 is 0 Å². The molecule has 0 spiro atoms. The summed E-state index contributed by atoms with van der Waals surface area (Å²) in [6.07, 6.45) is 2.73. The van der Waals surface area contributed by atoms with E-state index in [1.807, 2.05) is 93.6 Å². The fourth-order valence-corrected chi connectivity index (χ4v) is 5.36. The number of hydrogen-bond acceptors (Lipinski definition) is 5. The maximum atomic E-state index is 12.8. The third kappa shape index (κ3) is 4.65. The van der Waals surface area contributed by atoms with Gasteiger partial charge in [-0.15, -0.1) is 0 Å². The van der Waals surface area contributed by atoms with Crippen molar-refractivity contribution in [2.45, 2.75) is 31.9 Å². The van der Waals surface area contributed by atoms with Gasteiger partial charge in [-0.05, 0) is 55.7 Å². The Morgan fingerprint density at radius 3 is 1.83 bits per heavy atom. The van der Waals surface area contributed by atoms with E-state index in [2.05, 4.69) is 46.2 Å². The molecule has 0 saturated heterocycles. The Morgan fingerprint density at radius 1 is 0.780 bits per heavy atom. The Bertz CT molecular complexity index is 1720. The highest BCUT2D eigenvalue weighted by molar-refractivity contribution is 5.96. The molecular formula is C34H31N5O2. The first-order valence-corrected chi connectivity index (χ1v) is 13.5. The first-order valence-electron chi connectivity index (χ1n) is 13.5. The minimum Gasteiger partial charge on any atom is -0.442 e. The molecule has 41 heavy (non-hydrogen) atoms. The lowest BCUT2D eigenvalue weighted by Gasteiger charge is -2.37. The molecule has 204 valence electrons. The molecule has 7 heteroatoms. The molecule has 2 heterocycles. The second-order valence-corrected chi connectivity index (χ2v) is 11.0. The number of aromatic nitrogens is 4. The van der Waals surface area contributed by atoms with Gasteiger partial charge in [0.15, 0.2) is 0 Å². The monoisotopic (exact) mass is 541 g/mol. The lowest BCUT2D eigenvalue weighted by molar-refractivity contribution is 0.0514. The number of rotatable bonds is 5. The molecule has 0 saturated carbocycles. The van der Waals surface area contributed by atoms with Crippen LogP contribution in [0.25, 0.3) is 22.2 Å². The standard InChI is InChI=1S/C34H31N5O2/c1-33(2,3)41-32(40)38-23-24(22-36-38)31-29-21-28(35)19-20-30(29)39(37-31)34(25-13-7-4-8-14-25,26-15-9-5-10-16-26)27-17-11-6-12-18-27/h4-23H,35H2,1-3H3. The number of hydrogen-bond donors (Lipinski definition) is 1. The van der Waals surface area contributed by atoms with Crippen LogP contribution < -0.4 is 5.73 Å². The van der Waals surface area contributed by atoms with Crippen LogP contribution in [0.15, 0.2) is 122 Å². The van der Waals surface area contributed by atoms with Crippen molar-refractivity contribution >= 4 is 22.7 Å². The van der Waals surface area contributed by atoms with E-state index < -0.39 is 17.2 Å². The van der Waals surface area contributed by atoms with Crippen LogP contribution in [-0.4, -0.2) is 31.3 Å². The van der Waals surface area contributed by atoms with Gasteiger partial charge in [0.1, 0.15) is 16.8 Å². The summed E-state index contributed by atoms with van der Waals surface area (Å²) in [4.78, 5) is 12.8. The smallest absolute Gasteiger partial charge is 0.435 e. The van der Waals surface area contributed by atoms with Crippen molar-refractivity contribution in [2.24, 2.45) is 0 Å². The fraction of sp³-hybridized carbons (Fsp3) is 0.147. The van der Waals surface area contributed by atoms with Gasteiger partial charge in [-0.1, -0.05) is 91.0 Å². The van der Waals surface area contributed by atoms with Gasteiger partial charge in [0.25, 0.3) is 0 Å². The van der Waals surface area contributed by atoms with Crippen LogP contribution in [0, 0.1) is 0 Å². The predicted octanol–water partition coefficient (Wildman–Crippen LogP) is 7.11. The SMILES string of the molecule is CC(C)(C)OC(=O)n1cc(-c2nn(C(c3ccccc3)(c3ccccc3)c3ccccc3)c3ccc(N)cc23)cn1. The van der Waals surface area contributed by atoms with Gasteiger partial charge in [-0.3, -0.25) is 0 Å². The number of nitrogen functional groups attached to an aromatic ring is 1. The molecule has 6 aromatic rings. The van der Waals surface area contributed by atoms with Crippen LogP contribution in [0.1, 0.15) is 37.5 Å². The van der Waals surface area contributed by atoms with E-state index in [1.165, 1.54) is 4.68 Å². The normalized spacial score (nSPS) is 12.0. The molecule has 0 aliphatic carbocycles. The van der Waals surface area contributed by atoms with Crippen molar-refractivity contribution in [3.05, 3.63) is 138 Å². The van der Waals surface area contributed by atoms with Gasteiger partial charge in [0, 0.05) is 22.8 Å². The Balaban J connectivity index is 1.66. The number of anilines is 1. The zero-order valence-electron chi connectivity index (χ0n) is 23.2. The molecule has 0 atom stereocenters. The molecule has 2 N–H and O–H groups in total. The average Bonchev–Trinajstić information content (AvgIpc) is 3.60. The number of nitrogens with zero attached hydrogens (tertiary/aromatic N) is 4. The number of carbonyl (C=O) groups excluding carboxylic acids is 1. The first kappa shape index (κ1) is 26.1. The van der Waals surface area contributed by atoms with E-state index in [1.54, 1.807) is 12.4 Å². The van der Waals surface area contributed by atoms with Crippen molar-refractivity contribution < 1.29 is 9.53 Å². The van der Waals surface area contributed by atoms with E-state index in [4.69, 9.17) is 15.6 Å². The molecule has 0 aliphatic heterocycles. The molecule has 0 amide bonds. The quantitative estimate of drug-likeness (QED) is 0.186. The van der Waals surface area contributed by atoms with E-state index in [0.717, 1.165) is 27.6 Å². The summed E-state index contributed by atoms with van der Waals surface area (Å²) in [5.41, 5.74) is 10.8. The van der Waals surface area contributed by atoms with Crippen molar-refractivity contribution in [3.8, 4) is 11.3 Å². The third-order valence-corrected chi connectivity index (χ3v) is 7.03. The summed E-state index contributed by atoms with van der Waals surface area (Å²) in [6.45, 7) is 5.47. The third-order valence-electron chi connectivity index (χ3n) is 7.03. The van der Waals surface area contributed by atoms with Gasteiger partial charge < -0.3 is 10.5 Å². The highest BCUT2D eigenvalue weighted by Crippen LogP contribution is 2.44. The minimum absolute atomic E-state index is 0.556. The van der Waals surface area contributed by atoms with Gasteiger partial charge >= 0.3 is 6.09 Å². The summed E-state index contributed by atoms with van der Waals surface area (Å²) in [6, 6.07) is 36.9. The number of carbonyl (C=O) groups is 1. The van der Waals surface area contributed by atoms with Crippen LogP contribution in [0.4, 0.5) is 10.5 Å². The molecule has 4 aromatic carbocycles. The molecule has 0 fully saturated rings. The lowest BCUT2D eigenvalue weighted by atomic mass is 9.77. The number of benzene rings is 4. The molecule has 6 rings (SSSR count). The van der Waals surface area contributed by atoms with Gasteiger partial charge in [0.2, 0.25) is 0 Å². The van der Waals surface area contributed by atoms with E-state index in [-0.39, 0.29) is 0 Å². The van der Waals surface area contributed by atoms with Gasteiger partial charge in [-0.2, -0.15) is 14.9 Å². The zero-order chi connectivity index (χ0) is 28.6. The Morgan fingerprint density at radius 2 is 1.32 bits per heavy atom. The first-order chi connectivity index (χ1) is 19.8. The van der Waals surface area contributed by atoms with Crippen LogP contribution >= 0.6 is 0 Å². The molecule has 0 bridgehead atoms. The predicted molar refractivity (Wildman–Crippen MR) is 162 cm³/mol. The number of fused-ring (bicyclic) bond motifs is 1. The lowest BCUT2D eigenvalue weighted by Crippen LogP contribution is -2.38. The van der Waals surface area contributed by atoms with Crippen molar-refractivity contribution in [2.75, 3.05) is 5.73 Å². The number of ether oxygens (including phenoxy) is 1. The molecule has 7 nitrogen and oxygen atoms in total. The topological polar surface area (TPSA) is 88.0 Å². The average molecular weight is 542 g/mol. The van der Waals surface area contributed by atoms with Crippen molar-refractivity contribution in [3.63, 3.8) is 0 Å². The largest absolute Gasteiger partial charge is 0.442 e. The van der Waals surface area contributed by atoms with Gasteiger partial charge in [0.05, 0.1) is 11.7 Å². The van der Waals surface area contributed by atoms with Crippen LogP contribution in [-0.2, 0) is 10.3 Å². The van der Waals surface area contributed by atoms with Gasteiger partial charge in [-0.25, -0.2) is 9.48 Å². The Kier molecular flexibility index (Phi) is 6.42. The summed E-state index contributed by atoms with van der Waals surface area (Å²) in [5, 5.41) is 10.5. The minimum atomic E-state index is -0.822. The maximum Gasteiger partial charge on any atom is 0.435 e. The summed E-state index contributed by atoms with van der Waals surface area (Å²) >= 11 is 0. The van der Waals surface area contributed by atoms with Crippen molar-refractivity contribution in [1.82, 2.24) is 19.6 Å². The second kappa shape index (κ2) is 10.1. The highest BCUT2D eigenvalue weighted by atomic mass is 16.6. The highest BCUT2D eigenvalue weighted by Gasteiger charge is 2.41. The zero-order valence-corrected chi connectivity index (χ0v) is 23.2. The summed E-state index contributed by atoms with van der Waals surface area (Å²) in [5.74, 6) is 0. The fourth-order valence-electron chi connectivity index (χ4n) is 5.36. The van der Waals surface area contributed by atoms with E-state index in [0.29, 0.717) is 16.9 Å². The second-order valence-electron chi connectivity index (χ2n) is 11.0. The molecular weight excluding hydrogens is 510 g/mol. The molecule has 2 aromatic heterocycles. The number of nitrogens with two attached hydrogens (primary N) is 1. The van der Waals surface area contributed by atoms with Crippen LogP contribution in [0.5, 0.6) is 0 Å². The maximum absolute atomic E-state index is 12.8. The van der Waals surface area contributed by atoms with Crippen LogP contribution in [0.3, 0.4) is 0 Å². The summed E-state index contributed by atoms with van der Waals surface area (Å²) in [7, 11) is 0. The molecule has 0 radical (unpaired) electrons. The molecule has 0 aliphatic rings. The summed E-state index contributed by atoms with van der Waals surface area (Å²) < 4.78 is 8.80. The van der Waals surface area contributed by atoms with Crippen LogP contribution in [0.2, 0.25) is 0 Å². The van der Waals surface area contributed by atoms with E-state index in [9.17, 15) is 4.79 Å². The van der Waals surface area contributed by atoms with Crippen molar-refractivity contribution in [1.29, 1.82) is 0 Å². The molecule has 0 unspecified atom stereocenters.